The van der Waals surface area contributed by atoms with Gasteiger partial charge in [0.15, 0.2) is 0 Å². The van der Waals surface area contributed by atoms with Crippen LogP contribution in [0.4, 0.5) is 0 Å². The van der Waals surface area contributed by atoms with Crippen molar-refractivity contribution in [2.45, 2.75) is 13.3 Å². The van der Waals surface area contributed by atoms with Crippen molar-refractivity contribution in [3.05, 3.63) is 24.3 Å². The summed E-state index contributed by atoms with van der Waals surface area (Å²) in [5.74, 6) is 1.76. The van der Waals surface area contributed by atoms with E-state index in [9.17, 15) is 0 Å². The molecular formula is C10H14O2S. The second-order valence-electron chi connectivity index (χ2n) is 2.57. The summed E-state index contributed by atoms with van der Waals surface area (Å²) in [5, 5.41) is 0. The third-order valence-corrected chi connectivity index (χ3v) is 1.84. The maximum Gasteiger partial charge on any atom is 0.137 e. The van der Waals surface area contributed by atoms with Crippen LogP contribution in [0.5, 0.6) is 11.5 Å². The van der Waals surface area contributed by atoms with Crippen LogP contribution in [0.2, 0.25) is 0 Å². The van der Waals surface area contributed by atoms with Gasteiger partial charge in [0.05, 0.1) is 18.6 Å². The Morgan fingerprint density at radius 3 is 2.31 bits per heavy atom. The van der Waals surface area contributed by atoms with Gasteiger partial charge < -0.3 is 8.92 Å². The first kappa shape index (κ1) is 10.3. The Bertz CT molecular complexity index is 233. The molecular weight excluding hydrogens is 184 g/mol. The molecule has 3 heteroatoms. The minimum Gasteiger partial charge on any atom is -0.494 e. The van der Waals surface area contributed by atoms with E-state index in [0.717, 1.165) is 24.5 Å². The van der Waals surface area contributed by atoms with Gasteiger partial charge in [0.25, 0.3) is 0 Å². The molecule has 72 valence electrons. The standard InChI is InChI=1S/C10H14O2S/c1-3-8-11-9-4-6-10(7-5-9)12-13-2/h4-7H,3,8H2,1-2H3. The smallest absolute Gasteiger partial charge is 0.137 e. The molecule has 0 heterocycles. The molecule has 0 unspecified atom stereocenters. The average molecular weight is 198 g/mol. The third-order valence-electron chi connectivity index (χ3n) is 1.48. The molecule has 2 nitrogen and oxygen atoms in total. The maximum atomic E-state index is 5.43. The summed E-state index contributed by atoms with van der Waals surface area (Å²) < 4.78 is 10.7. The molecule has 0 radical (unpaired) electrons. The molecule has 0 bridgehead atoms. The lowest BCUT2D eigenvalue weighted by molar-refractivity contribution is 0.317. The van der Waals surface area contributed by atoms with Gasteiger partial charge in [-0.05, 0) is 30.7 Å². The molecule has 13 heavy (non-hydrogen) atoms. The summed E-state index contributed by atoms with van der Waals surface area (Å²) in [6, 6.07) is 7.64. The fraction of sp³-hybridized carbons (Fsp3) is 0.400. The molecule has 1 rings (SSSR count). The van der Waals surface area contributed by atoms with Crippen LogP contribution in [-0.4, -0.2) is 12.9 Å². The van der Waals surface area contributed by atoms with E-state index in [1.807, 2.05) is 30.5 Å². The van der Waals surface area contributed by atoms with E-state index in [4.69, 9.17) is 8.92 Å². The van der Waals surface area contributed by atoms with Gasteiger partial charge in [0, 0.05) is 6.26 Å². The normalized spacial score (nSPS) is 9.69. The molecule has 0 aromatic heterocycles. The summed E-state index contributed by atoms with van der Waals surface area (Å²) in [6.45, 7) is 2.86. The van der Waals surface area contributed by atoms with Crippen molar-refractivity contribution in [1.82, 2.24) is 0 Å². The van der Waals surface area contributed by atoms with Gasteiger partial charge in [-0.25, -0.2) is 0 Å². The number of hydrogen-bond acceptors (Lipinski definition) is 3. The number of hydrogen-bond donors (Lipinski definition) is 0. The zero-order valence-corrected chi connectivity index (χ0v) is 8.76. The Hall–Kier alpha value is -0.830. The minimum absolute atomic E-state index is 0.767. The molecule has 0 aliphatic rings. The van der Waals surface area contributed by atoms with Crippen molar-refractivity contribution in [3.63, 3.8) is 0 Å². The molecule has 0 aliphatic carbocycles. The molecule has 1 aromatic carbocycles. The summed E-state index contributed by atoms with van der Waals surface area (Å²) in [6.07, 6.45) is 2.92. The Morgan fingerprint density at radius 2 is 1.77 bits per heavy atom. The van der Waals surface area contributed by atoms with Crippen molar-refractivity contribution < 1.29 is 8.92 Å². The highest BCUT2D eigenvalue weighted by Gasteiger charge is 1.94. The van der Waals surface area contributed by atoms with E-state index < -0.39 is 0 Å². The molecule has 0 amide bonds. The second kappa shape index (κ2) is 5.75. The fourth-order valence-electron chi connectivity index (χ4n) is 0.908. The van der Waals surface area contributed by atoms with Crippen LogP contribution in [-0.2, 0) is 0 Å². The lowest BCUT2D eigenvalue weighted by Crippen LogP contribution is -1.94. The van der Waals surface area contributed by atoms with Crippen molar-refractivity contribution in [1.29, 1.82) is 0 Å². The van der Waals surface area contributed by atoms with E-state index in [2.05, 4.69) is 6.92 Å². The van der Waals surface area contributed by atoms with E-state index in [-0.39, 0.29) is 0 Å². The quantitative estimate of drug-likeness (QED) is 0.677. The lowest BCUT2D eigenvalue weighted by atomic mass is 10.3. The van der Waals surface area contributed by atoms with Crippen LogP contribution in [0.3, 0.4) is 0 Å². The van der Waals surface area contributed by atoms with Crippen LogP contribution in [0.25, 0.3) is 0 Å². The fourth-order valence-corrected chi connectivity index (χ4v) is 1.21. The van der Waals surface area contributed by atoms with Crippen LogP contribution in [0.1, 0.15) is 13.3 Å². The van der Waals surface area contributed by atoms with Crippen LogP contribution in [0.15, 0.2) is 24.3 Å². The van der Waals surface area contributed by atoms with E-state index in [1.165, 1.54) is 12.0 Å². The van der Waals surface area contributed by atoms with E-state index in [1.54, 1.807) is 0 Å². The molecule has 1 aromatic rings. The maximum absolute atomic E-state index is 5.43. The zero-order chi connectivity index (χ0) is 9.52. The molecule has 0 saturated heterocycles. The van der Waals surface area contributed by atoms with Gasteiger partial charge in [-0.1, -0.05) is 6.92 Å². The molecule has 0 atom stereocenters. The van der Waals surface area contributed by atoms with Crippen molar-refractivity contribution >= 4 is 12.0 Å². The van der Waals surface area contributed by atoms with Gasteiger partial charge in [0.1, 0.15) is 11.5 Å². The largest absolute Gasteiger partial charge is 0.494 e. The number of benzene rings is 1. The summed E-state index contributed by atoms with van der Waals surface area (Å²) in [5.41, 5.74) is 0. The predicted octanol–water partition coefficient (Wildman–Crippen LogP) is 3.13. The Balaban J connectivity index is 2.48. The summed E-state index contributed by atoms with van der Waals surface area (Å²) in [7, 11) is 0. The predicted molar refractivity (Wildman–Crippen MR) is 56.4 cm³/mol. The molecule has 0 spiro atoms. The summed E-state index contributed by atoms with van der Waals surface area (Å²) in [4.78, 5) is 0. The van der Waals surface area contributed by atoms with Crippen LogP contribution >= 0.6 is 12.0 Å². The monoisotopic (exact) mass is 198 g/mol. The lowest BCUT2D eigenvalue weighted by Gasteiger charge is -2.05. The van der Waals surface area contributed by atoms with Gasteiger partial charge in [0.2, 0.25) is 0 Å². The van der Waals surface area contributed by atoms with E-state index >= 15 is 0 Å². The molecule has 0 saturated carbocycles. The van der Waals surface area contributed by atoms with Crippen molar-refractivity contribution in [3.8, 4) is 11.5 Å². The van der Waals surface area contributed by atoms with Crippen molar-refractivity contribution in [2.75, 3.05) is 12.9 Å². The minimum atomic E-state index is 0.767. The SMILES string of the molecule is CCCOc1ccc(OSC)cc1. The highest BCUT2D eigenvalue weighted by Crippen LogP contribution is 2.19. The first-order chi connectivity index (χ1) is 6.36. The molecule has 0 N–H and O–H groups in total. The van der Waals surface area contributed by atoms with Crippen LogP contribution < -0.4 is 8.92 Å². The topological polar surface area (TPSA) is 18.5 Å². The molecule has 0 fully saturated rings. The third kappa shape index (κ3) is 3.59. The Labute approximate surface area is 83.5 Å². The first-order valence-electron chi connectivity index (χ1n) is 4.30. The highest BCUT2D eigenvalue weighted by molar-refractivity contribution is 7.94. The van der Waals surface area contributed by atoms with Gasteiger partial charge in [-0.15, -0.1) is 0 Å². The number of ether oxygens (including phenoxy) is 1. The Morgan fingerprint density at radius 1 is 1.15 bits per heavy atom. The van der Waals surface area contributed by atoms with Crippen molar-refractivity contribution in [2.24, 2.45) is 0 Å². The zero-order valence-electron chi connectivity index (χ0n) is 7.95. The van der Waals surface area contributed by atoms with Gasteiger partial charge in [-0.2, -0.15) is 0 Å². The van der Waals surface area contributed by atoms with E-state index in [0.29, 0.717) is 0 Å². The highest BCUT2D eigenvalue weighted by atomic mass is 32.2. The van der Waals surface area contributed by atoms with Gasteiger partial charge >= 0.3 is 0 Å². The number of rotatable bonds is 5. The average Bonchev–Trinajstić information content (AvgIpc) is 2.17. The van der Waals surface area contributed by atoms with Gasteiger partial charge in [-0.3, -0.25) is 0 Å². The summed E-state index contributed by atoms with van der Waals surface area (Å²) >= 11 is 1.34. The van der Waals surface area contributed by atoms with Crippen LogP contribution in [0, 0.1) is 0 Å². The second-order valence-corrected chi connectivity index (χ2v) is 3.07. The Kier molecular flexibility index (Phi) is 4.54. The first-order valence-corrected chi connectivity index (χ1v) is 5.45. The molecule has 0 aliphatic heterocycles.